The van der Waals surface area contributed by atoms with E-state index in [1.807, 2.05) is 20.0 Å². The summed E-state index contributed by atoms with van der Waals surface area (Å²) in [6.07, 6.45) is 6.89. The van der Waals surface area contributed by atoms with Gasteiger partial charge in [0.2, 0.25) is 0 Å². The molecule has 23 heavy (non-hydrogen) atoms. The Balaban J connectivity index is 0.00000264. The van der Waals surface area contributed by atoms with Gasteiger partial charge in [0.05, 0.1) is 12.2 Å². The first-order chi connectivity index (χ1) is 10.6. The molecule has 0 amide bonds. The summed E-state index contributed by atoms with van der Waals surface area (Å²) in [5, 5.41) is 6.89. The Morgan fingerprint density at radius 2 is 2.00 bits per heavy atom. The van der Waals surface area contributed by atoms with Gasteiger partial charge in [-0.3, -0.25) is 4.99 Å². The lowest BCUT2D eigenvalue weighted by atomic mass is 9.80. The number of hydrogen-bond donors (Lipinski definition) is 2. The van der Waals surface area contributed by atoms with Crippen LogP contribution in [0.2, 0.25) is 0 Å². The molecule has 0 aromatic carbocycles. The average Bonchev–Trinajstić information content (AvgIpc) is 2.52. The summed E-state index contributed by atoms with van der Waals surface area (Å²) in [4.78, 5) is 12.8. The number of halogens is 1. The van der Waals surface area contributed by atoms with E-state index in [1.165, 1.54) is 25.7 Å². The zero-order valence-corrected chi connectivity index (χ0v) is 17.0. The van der Waals surface area contributed by atoms with Crippen molar-refractivity contribution in [1.29, 1.82) is 0 Å². The highest BCUT2D eigenvalue weighted by atomic mass is 127. The van der Waals surface area contributed by atoms with E-state index in [0.717, 1.165) is 29.3 Å². The van der Waals surface area contributed by atoms with Crippen LogP contribution >= 0.6 is 24.0 Å². The van der Waals surface area contributed by atoms with Crippen LogP contribution in [0.3, 0.4) is 0 Å². The highest BCUT2D eigenvalue weighted by molar-refractivity contribution is 14.0. The second-order valence-electron chi connectivity index (χ2n) is 6.52. The molecule has 0 radical (unpaired) electrons. The van der Waals surface area contributed by atoms with Crippen molar-refractivity contribution in [1.82, 2.24) is 20.6 Å². The fourth-order valence-electron chi connectivity index (χ4n) is 3.10. The van der Waals surface area contributed by atoms with Crippen LogP contribution in [0.5, 0.6) is 0 Å². The quantitative estimate of drug-likeness (QED) is 0.437. The van der Waals surface area contributed by atoms with Crippen molar-refractivity contribution >= 4 is 29.9 Å². The molecule has 0 bridgehead atoms. The van der Waals surface area contributed by atoms with E-state index >= 15 is 0 Å². The maximum Gasteiger partial charge on any atom is 0.191 e. The van der Waals surface area contributed by atoms with Gasteiger partial charge in [0.1, 0.15) is 5.82 Å². The second-order valence-corrected chi connectivity index (χ2v) is 6.52. The molecule has 0 atom stereocenters. The third kappa shape index (κ3) is 6.61. The minimum absolute atomic E-state index is 0. The first-order valence-electron chi connectivity index (χ1n) is 8.34. The van der Waals surface area contributed by atoms with Gasteiger partial charge in [0, 0.05) is 19.3 Å². The number of guanidine groups is 1. The van der Waals surface area contributed by atoms with Crippen LogP contribution < -0.4 is 10.6 Å². The molecule has 0 saturated heterocycles. The Hall–Kier alpha value is -0.920. The average molecular weight is 431 g/mol. The molecular weight excluding hydrogens is 401 g/mol. The van der Waals surface area contributed by atoms with Gasteiger partial charge >= 0.3 is 0 Å². The Labute approximate surface area is 157 Å². The van der Waals surface area contributed by atoms with Crippen LogP contribution in [0.4, 0.5) is 0 Å². The number of aromatic nitrogens is 2. The Morgan fingerprint density at radius 3 is 2.57 bits per heavy atom. The highest BCUT2D eigenvalue weighted by Gasteiger charge is 2.23. The second kappa shape index (κ2) is 10.1. The van der Waals surface area contributed by atoms with Crippen LogP contribution in [0.15, 0.2) is 17.3 Å². The van der Waals surface area contributed by atoms with Crippen molar-refractivity contribution in [3.63, 3.8) is 0 Å². The van der Waals surface area contributed by atoms with Crippen molar-refractivity contribution in [2.24, 2.45) is 16.8 Å². The van der Waals surface area contributed by atoms with Gasteiger partial charge < -0.3 is 10.6 Å². The summed E-state index contributed by atoms with van der Waals surface area (Å²) < 4.78 is 0. The van der Waals surface area contributed by atoms with E-state index in [4.69, 9.17) is 0 Å². The molecule has 1 aromatic rings. The van der Waals surface area contributed by atoms with Crippen molar-refractivity contribution < 1.29 is 0 Å². The van der Waals surface area contributed by atoms with Crippen LogP contribution in [0, 0.1) is 18.8 Å². The molecule has 0 unspecified atom stereocenters. The first-order valence-corrected chi connectivity index (χ1v) is 8.34. The summed E-state index contributed by atoms with van der Waals surface area (Å²) in [6, 6.07) is 2.47. The summed E-state index contributed by atoms with van der Waals surface area (Å²) >= 11 is 0. The van der Waals surface area contributed by atoms with Crippen molar-refractivity contribution in [2.45, 2.75) is 59.0 Å². The van der Waals surface area contributed by atoms with E-state index in [0.29, 0.717) is 12.6 Å². The van der Waals surface area contributed by atoms with Gasteiger partial charge in [-0.2, -0.15) is 0 Å². The standard InChI is InChI=1S/C17H29N5.HI/c1-12(2)14-5-7-15(8-6-14)22-17(18-4)20-11-16-9-10-19-13(3)21-16;/h9-10,12,14-15H,5-8,11H2,1-4H3,(H2,18,20,22);1H. The lowest BCUT2D eigenvalue weighted by molar-refractivity contribution is 0.250. The van der Waals surface area contributed by atoms with E-state index < -0.39 is 0 Å². The van der Waals surface area contributed by atoms with Crippen LogP contribution in [-0.4, -0.2) is 29.0 Å². The Kier molecular flexibility index (Phi) is 8.79. The highest BCUT2D eigenvalue weighted by Crippen LogP contribution is 2.29. The Morgan fingerprint density at radius 1 is 1.30 bits per heavy atom. The summed E-state index contributed by atoms with van der Waals surface area (Å²) in [5.41, 5.74) is 0.985. The number of aliphatic imine (C=N–C) groups is 1. The van der Waals surface area contributed by atoms with Gasteiger partial charge in [0.25, 0.3) is 0 Å². The topological polar surface area (TPSA) is 62.2 Å². The molecule has 0 aliphatic heterocycles. The maximum absolute atomic E-state index is 4.40. The van der Waals surface area contributed by atoms with Gasteiger partial charge in [-0.05, 0) is 50.5 Å². The summed E-state index contributed by atoms with van der Waals surface area (Å²) in [7, 11) is 1.82. The van der Waals surface area contributed by atoms with Gasteiger partial charge in [-0.15, -0.1) is 24.0 Å². The fourth-order valence-corrected chi connectivity index (χ4v) is 3.10. The number of aryl methyl sites for hydroxylation is 1. The van der Waals surface area contributed by atoms with Crippen molar-refractivity contribution in [2.75, 3.05) is 7.05 Å². The molecule has 5 nitrogen and oxygen atoms in total. The molecule has 1 aromatic heterocycles. The molecule has 1 saturated carbocycles. The van der Waals surface area contributed by atoms with E-state index in [9.17, 15) is 0 Å². The van der Waals surface area contributed by atoms with Gasteiger partial charge in [0.15, 0.2) is 5.96 Å². The summed E-state index contributed by atoms with van der Waals surface area (Å²) in [6.45, 7) is 7.25. The van der Waals surface area contributed by atoms with E-state index in [-0.39, 0.29) is 24.0 Å². The van der Waals surface area contributed by atoms with Gasteiger partial charge in [-0.1, -0.05) is 13.8 Å². The third-order valence-electron chi connectivity index (χ3n) is 4.55. The molecule has 1 aliphatic carbocycles. The van der Waals surface area contributed by atoms with E-state index in [2.05, 4.69) is 39.4 Å². The maximum atomic E-state index is 4.40. The number of nitrogens with zero attached hydrogens (tertiary/aromatic N) is 3. The van der Waals surface area contributed by atoms with Crippen molar-refractivity contribution in [3.05, 3.63) is 23.8 Å². The lowest BCUT2D eigenvalue weighted by Gasteiger charge is -2.32. The molecule has 1 heterocycles. The number of nitrogens with one attached hydrogen (secondary N) is 2. The molecule has 2 N–H and O–H groups in total. The predicted molar refractivity (Wildman–Crippen MR) is 106 cm³/mol. The molecule has 130 valence electrons. The van der Waals surface area contributed by atoms with E-state index in [1.54, 1.807) is 6.20 Å². The molecule has 6 heteroatoms. The predicted octanol–water partition coefficient (Wildman–Crippen LogP) is 3.28. The zero-order chi connectivity index (χ0) is 15.9. The first kappa shape index (κ1) is 20.1. The molecule has 1 fully saturated rings. The van der Waals surface area contributed by atoms with Gasteiger partial charge in [-0.25, -0.2) is 9.97 Å². The SMILES string of the molecule is CN=C(NCc1ccnc(C)n1)NC1CCC(C(C)C)CC1.I. The van der Waals surface area contributed by atoms with Crippen LogP contribution in [0.1, 0.15) is 51.0 Å². The minimum Gasteiger partial charge on any atom is -0.354 e. The third-order valence-corrected chi connectivity index (χ3v) is 4.55. The summed E-state index contributed by atoms with van der Waals surface area (Å²) in [5.74, 6) is 3.36. The normalized spacial score (nSPS) is 21.7. The molecule has 2 rings (SSSR count). The monoisotopic (exact) mass is 431 g/mol. The van der Waals surface area contributed by atoms with Crippen LogP contribution in [-0.2, 0) is 6.54 Å². The molecule has 1 aliphatic rings. The number of hydrogen-bond acceptors (Lipinski definition) is 3. The molecular formula is C17H30IN5. The Bertz CT molecular complexity index is 496. The minimum atomic E-state index is 0. The van der Waals surface area contributed by atoms with Crippen molar-refractivity contribution in [3.8, 4) is 0 Å². The van der Waals surface area contributed by atoms with Crippen LogP contribution in [0.25, 0.3) is 0 Å². The fraction of sp³-hybridized carbons (Fsp3) is 0.706. The zero-order valence-electron chi connectivity index (χ0n) is 14.7. The lowest BCUT2D eigenvalue weighted by Crippen LogP contribution is -2.44. The largest absolute Gasteiger partial charge is 0.354 e. The number of rotatable bonds is 4. The smallest absolute Gasteiger partial charge is 0.191 e. The molecule has 0 spiro atoms.